The second kappa shape index (κ2) is 11.6. The lowest BCUT2D eigenvalue weighted by Crippen LogP contribution is -2.52. The van der Waals surface area contributed by atoms with Gasteiger partial charge in [-0.25, -0.2) is 4.79 Å². The molecule has 0 N–H and O–H groups in total. The fourth-order valence-electron chi connectivity index (χ4n) is 6.81. The first-order valence-electron chi connectivity index (χ1n) is 14.6. The molecule has 0 spiro atoms. The highest BCUT2D eigenvalue weighted by molar-refractivity contribution is 6.02. The number of amides is 1. The SMILES string of the molecule is COCCN(C[C@@H]1CCCN2CCCC[C@H]12)C(=O)Cc1c(C)c2cc3c(-c4ccccc4)coc3cc2oc1=O. The van der Waals surface area contributed by atoms with Gasteiger partial charge in [-0.1, -0.05) is 36.8 Å². The third kappa shape index (κ3) is 5.20. The number of hydrogen-bond acceptors (Lipinski definition) is 6. The van der Waals surface area contributed by atoms with Crippen LogP contribution in [0.3, 0.4) is 0 Å². The summed E-state index contributed by atoms with van der Waals surface area (Å²) in [6.45, 7) is 5.94. The van der Waals surface area contributed by atoms with Gasteiger partial charge >= 0.3 is 5.63 Å². The van der Waals surface area contributed by atoms with E-state index in [1.165, 1.54) is 38.8 Å². The predicted octanol–water partition coefficient (Wildman–Crippen LogP) is 5.80. The first-order chi connectivity index (χ1) is 19.5. The maximum Gasteiger partial charge on any atom is 0.340 e. The van der Waals surface area contributed by atoms with Crippen molar-refractivity contribution in [3.05, 3.63) is 70.3 Å². The summed E-state index contributed by atoms with van der Waals surface area (Å²) in [5.41, 5.74) is 3.91. The van der Waals surface area contributed by atoms with E-state index in [2.05, 4.69) is 4.90 Å². The molecule has 4 heterocycles. The molecule has 0 bridgehead atoms. The van der Waals surface area contributed by atoms with Gasteiger partial charge in [0.05, 0.1) is 24.9 Å². The second-order valence-electron chi connectivity index (χ2n) is 11.4. The molecule has 0 saturated carbocycles. The van der Waals surface area contributed by atoms with Gasteiger partial charge in [0, 0.05) is 48.6 Å². The Morgan fingerprint density at radius 1 is 1.05 bits per heavy atom. The number of rotatable bonds is 8. The molecule has 210 valence electrons. The smallest absolute Gasteiger partial charge is 0.340 e. The molecule has 4 aromatic rings. The van der Waals surface area contributed by atoms with Gasteiger partial charge in [0.2, 0.25) is 5.91 Å². The molecule has 40 heavy (non-hydrogen) atoms. The molecule has 2 aromatic heterocycles. The number of carbonyl (C=O) groups excluding carboxylic acids is 1. The predicted molar refractivity (Wildman–Crippen MR) is 157 cm³/mol. The van der Waals surface area contributed by atoms with E-state index in [1.54, 1.807) is 19.4 Å². The minimum atomic E-state index is -0.463. The van der Waals surface area contributed by atoms with Crippen molar-refractivity contribution >= 4 is 27.8 Å². The van der Waals surface area contributed by atoms with Crippen molar-refractivity contribution in [2.75, 3.05) is 39.9 Å². The number of ether oxygens (including phenoxy) is 1. The number of piperidine rings is 2. The van der Waals surface area contributed by atoms with E-state index in [0.29, 0.717) is 48.4 Å². The van der Waals surface area contributed by atoms with Crippen molar-refractivity contribution in [3.63, 3.8) is 0 Å². The van der Waals surface area contributed by atoms with Gasteiger partial charge in [0.25, 0.3) is 0 Å². The molecular formula is C33H38N2O5. The largest absolute Gasteiger partial charge is 0.464 e. The normalized spacial score (nSPS) is 19.6. The van der Waals surface area contributed by atoms with Crippen LogP contribution in [0.25, 0.3) is 33.1 Å². The fourth-order valence-corrected chi connectivity index (χ4v) is 6.81. The van der Waals surface area contributed by atoms with Crippen molar-refractivity contribution in [1.29, 1.82) is 0 Å². The number of aryl methyl sites for hydroxylation is 1. The summed E-state index contributed by atoms with van der Waals surface area (Å²) in [5.74, 6) is 0.406. The Morgan fingerprint density at radius 3 is 2.70 bits per heavy atom. The molecule has 2 aliphatic heterocycles. The van der Waals surface area contributed by atoms with Gasteiger partial charge in [-0.3, -0.25) is 4.79 Å². The maximum absolute atomic E-state index is 13.8. The van der Waals surface area contributed by atoms with Crippen LogP contribution in [-0.4, -0.2) is 61.6 Å². The minimum Gasteiger partial charge on any atom is -0.464 e. The van der Waals surface area contributed by atoms with Crippen LogP contribution in [0.1, 0.15) is 43.2 Å². The highest BCUT2D eigenvalue weighted by Crippen LogP contribution is 2.35. The summed E-state index contributed by atoms with van der Waals surface area (Å²) in [4.78, 5) is 31.5. The Balaban J connectivity index is 1.30. The van der Waals surface area contributed by atoms with Crippen molar-refractivity contribution < 1.29 is 18.4 Å². The van der Waals surface area contributed by atoms with Crippen molar-refractivity contribution in [2.24, 2.45) is 5.92 Å². The molecule has 6 rings (SSSR count). The number of nitrogens with zero attached hydrogens (tertiary/aromatic N) is 2. The molecule has 2 aromatic carbocycles. The molecule has 2 aliphatic rings. The second-order valence-corrected chi connectivity index (χ2v) is 11.4. The lowest BCUT2D eigenvalue weighted by Gasteiger charge is -2.45. The zero-order valence-corrected chi connectivity index (χ0v) is 23.5. The van der Waals surface area contributed by atoms with Gasteiger partial charge in [0.1, 0.15) is 11.2 Å². The number of benzene rings is 2. The molecule has 0 unspecified atom stereocenters. The van der Waals surface area contributed by atoms with E-state index in [4.69, 9.17) is 13.6 Å². The topological polar surface area (TPSA) is 76.1 Å². The maximum atomic E-state index is 13.8. The summed E-state index contributed by atoms with van der Waals surface area (Å²) in [7, 11) is 1.66. The molecule has 2 atom stereocenters. The Hall–Kier alpha value is -3.42. The van der Waals surface area contributed by atoms with Gasteiger partial charge in [-0.15, -0.1) is 0 Å². The van der Waals surface area contributed by atoms with Gasteiger partial charge < -0.3 is 23.4 Å². The Morgan fingerprint density at radius 2 is 1.88 bits per heavy atom. The fraction of sp³-hybridized carbons (Fsp3) is 0.455. The van der Waals surface area contributed by atoms with Crippen molar-refractivity contribution in [2.45, 2.75) is 51.5 Å². The number of hydrogen-bond donors (Lipinski definition) is 0. The quantitative estimate of drug-likeness (QED) is 0.262. The van der Waals surface area contributed by atoms with Crippen LogP contribution < -0.4 is 5.63 Å². The van der Waals surface area contributed by atoms with Crippen LogP contribution in [0.15, 0.2) is 62.4 Å². The molecule has 0 radical (unpaired) electrons. The average Bonchev–Trinajstić information content (AvgIpc) is 3.39. The van der Waals surface area contributed by atoms with Crippen LogP contribution >= 0.6 is 0 Å². The van der Waals surface area contributed by atoms with Crippen LogP contribution in [-0.2, 0) is 16.0 Å². The highest BCUT2D eigenvalue weighted by Gasteiger charge is 2.35. The summed E-state index contributed by atoms with van der Waals surface area (Å²) >= 11 is 0. The molecular weight excluding hydrogens is 504 g/mol. The lowest BCUT2D eigenvalue weighted by molar-refractivity contribution is -0.132. The van der Waals surface area contributed by atoms with Crippen LogP contribution in [0, 0.1) is 12.8 Å². The summed E-state index contributed by atoms with van der Waals surface area (Å²) in [6.07, 6.45) is 7.81. The molecule has 1 amide bonds. The standard InChI is InChI=1S/C33H38N2O5/c1-22-25-17-27-28(23-9-4-3-5-10-23)21-39-30(27)19-31(25)40-33(37)26(22)18-32(36)35(15-16-38-2)20-24-11-8-14-34-13-7-6-12-29(24)34/h3-5,9-10,17,19,21,24,29H,6-8,11-16,18,20H2,1-2H3/t24-,29+/m0/s1. The Bertz CT molecular complexity index is 1550. The van der Waals surface area contributed by atoms with E-state index >= 15 is 0 Å². The Kier molecular flexibility index (Phi) is 7.76. The van der Waals surface area contributed by atoms with Crippen LogP contribution in [0.2, 0.25) is 0 Å². The van der Waals surface area contributed by atoms with Crippen molar-refractivity contribution in [1.82, 2.24) is 9.80 Å². The van der Waals surface area contributed by atoms with Crippen LogP contribution in [0.5, 0.6) is 0 Å². The highest BCUT2D eigenvalue weighted by atomic mass is 16.5. The average molecular weight is 543 g/mol. The number of carbonyl (C=O) groups is 1. The zero-order chi connectivity index (χ0) is 27.6. The molecule has 7 heteroatoms. The van der Waals surface area contributed by atoms with Crippen molar-refractivity contribution in [3.8, 4) is 11.1 Å². The van der Waals surface area contributed by atoms with Gasteiger partial charge in [-0.05, 0) is 68.8 Å². The molecule has 2 fully saturated rings. The minimum absolute atomic E-state index is 0.0177. The van der Waals surface area contributed by atoms with E-state index in [0.717, 1.165) is 33.9 Å². The molecule has 7 nitrogen and oxygen atoms in total. The third-order valence-corrected chi connectivity index (χ3v) is 9.00. The number of furan rings is 1. The first kappa shape index (κ1) is 26.8. The van der Waals surface area contributed by atoms with Gasteiger partial charge in [0.15, 0.2) is 0 Å². The summed E-state index contributed by atoms with van der Waals surface area (Å²) in [6, 6.07) is 14.4. The lowest BCUT2D eigenvalue weighted by atomic mass is 9.83. The number of methoxy groups -OCH3 is 1. The van der Waals surface area contributed by atoms with E-state index in [-0.39, 0.29) is 12.3 Å². The van der Waals surface area contributed by atoms with Gasteiger partial charge in [-0.2, -0.15) is 0 Å². The summed E-state index contributed by atoms with van der Waals surface area (Å²) < 4.78 is 16.9. The zero-order valence-electron chi connectivity index (χ0n) is 23.5. The number of fused-ring (bicyclic) bond motifs is 3. The molecule has 0 aliphatic carbocycles. The third-order valence-electron chi connectivity index (χ3n) is 9.00. The van der Waals surface area contributed by atoms with Crippen LogP contribution in [0.4, 0.5) is 0 Å². The summed E-state index contributed by atoms with van der Waals surface area (Å²) in [5, 5.41) is 1.77. The van der Waals surface area contributed by atoms with E-state index in [9.17, 15) is 9.59 Å². The monoisotopic (exact) mass is 542 g/mol. The molecule has 2 saturated heterocycles. The first-order valence-corrected chi connectivity index (χ1v) is 14.6. The van der Waals surface area contributed by atoms with E-state index < -0.39 is 5.63 Å². The van der Waals surface area contributed by atoms with E-state index in [1.807, 2.05) is 48.2 Å². The Labute approximate surface area is 234 Å².